The van der Waals surface area contributed by atoms with Crippen LogP contribution in [0.3, 0.4) is 0 Å². The first-order valence-electron chi connectivity index (χ1n) is 7.43. The molecular formula is C16H29O2-. The zero-order valence-corrected chi connectivity index (χ0v) is 11.7. The summed E-state index contributed by atoms with van der Waals surface area (Å²) in [5, 5.41) is 8.48. The second-order valence-electron chi connectivity index (χ2n) is 4.87. The SMILES string of the molecule is [CH2-]CCCCC/C=C/CCCCCCCC(=O)O. The van der Waals surface area contributed by atoms with E-state index in [2.05, 4.69) is 19.1 Å². The highest BCUT2D eigenvalue weighted by Gasteiger charge is 1.95. The Balaban J connectivity index is 3.06. The van der Waals surface area contributed by atoms with E-state index in [-0.39, 0.29) is 0 Å². The molecule has 0 amide bonds. The Bertz CT molecular complexity index is 209. The molecule has 0 heterocycles. The summed E-state index contributed by atoms with van der Waals surface area (Å²) in [5.74, 6) is -0.670. The molecule has 0 spiro atoms. The Morgan fingerprint density at radius 3 is 1.89 bits per heavy atom. The van der Waals surface area contributed by atoms with Crippen molar-refractivity contribution in [1.82, 2.24) is 0 Å². The van der Waals surface area contributed by atoms with E-state index >= 15 is 0 Å². The minimum Gasteiger partial charge on any atom is -0.481 e. The van der Waals surface area contributed by atoms with E-state index in [1.807, 2.05) is 0 Å². The number of carbonyl (C=O) groups is 1. The molecule has 1 N–H and O–H groups in total. The van der Waals surface area contributed by atoms with Crippen molar-refractivity contribution >= 4 is 5.97 Å². The van der Waals surface area contributed by atoms with E-state index in [0.717, 1.165) is 19.3 Å². The van der Waals surface area contributed by atoms with E-state index in [1.54, 1.807) is 0 Å². The molecule has 0 saturated carbocycles. The van der Waals surface area contributed by atoms with Gasteiger partial charge in [-0.3, -0.25) is 4.79 Å². The van der Waals surface area contributed by atoms with Crippen LogP contribution in [0, 0.1) is 6.92 Å². The van der Waals surface area contributed by atoms with Gasteiger partial charge in [-0.15, -0.1) is 0 Å². The largest absolute Gasteiger partial charge is 0.481 e. The molecule has 0 aromatic heterocycles. The van der Waals surface area contributed by atoms with E-state index in [0.29, 0.717) is 6.42 Å². The summed E-state index contributed by atoms with van der Waals surface area (Å²) in [6, 6.07) is 0. The van der Waals surface area contributed by atoms with Gasteiger partial charge in [-0.1, -0.05) is 44.3 Å². The predicted molar refractivity (Wildman–Crippen MR) is 77.5 cm³/mol. The Labute approximate surface area is 112 Å². The molecule has 2 nitrogen and oxygen atoms in total. The summed E-state index contributed by atoms with van der Waals surface area (Å²) >= 11 is 0. The van der Waals surface area contributed by atoms with Gasteiger partial charge in [0.15, 0.2) is 0 Å². The summed E-state index contributed by atoms with van der Waals surface area (Å²) in [6.45, 7) is 3.83. The standard InChI is InChI=1S/C16H29O2/c1-2-3-4-5-6-7-8-9-10-11-12-13-14-15-16(17)18/h7-8H,1-6,9-15H2,(H,17,18)/q-1/b8-7+. The number of carboxylic acid groups (broad SMARTS) is 1. The van der Waals surface area contributed by atoms with Crippen molar-refractivity contribution in [2.45, 2.75) is 77.0 Å². The van der Waals surface area contributed by atoms with E-state index < -0.39 is 5.97 Å². The molecule has 0 radical (unpaired) electrons. The van der Waals surface area contributed by atoms with Crippen LogP contribution in [0.4, 0.5) is 0 Å². The van der Waals surface area contributed by atoms with Gasteiger partial charge in [0.25, 0.3) is 0 Å². The number of carboxylic acids is 1. The minimum absolute atomic E-state index is 0.327. The average molecular weight is 253 g/mol. The molecular weight excluding hydrogens is 224 g/mol. The van der Waals surface area contributed by atoms with Gasteiger partial charge in [0, 0.05) is 6.42 Å². The highest BCUT2D eigenvalue weighted by atomic mass is 16.4. The van der Waals surface area contributed by atoms with Gasteiger partial charge < -0.3 is 12.0 Å². The van der Waals surface area contributed by atoms with Crippen LogP contribution in [0.2, 0.25) is 0 Å². The van der Waals surface area contributed by atoms with Gasteiger partial charge in [0.1, 0.15) is 0 Å². The molecule has 0 aliphatic heterocycles. The van der Waals surface area contributed by atoms with Gasteiger partial charge >= 0.3 is 5.97 Å². The number of rotatable bonds is 13. The second kappa shape index (κ2) is 14.3. The molecule has 0 bridgehead atoms. The first kappa shape index (κ1) is 17.2. The fourth-order valence-corrected chi connectivity index (χ4v) is 1.92. The molecule has 18 heavy (non-hydrogen) atoms. The molecule has 0 atom stereocenters. The smallest absolute Gasteiger partial charge is 0.303 e. The zero-order valence-electron chi connectivity index (χ0n) is 11.7. The minimum atomic E-state index is -0.670. The molecule has 0 aromatic rings. The third-order valence-corrected chi connectivity index (χ3v) is 3.05. The van der Waals surface area contributed by atoms with E-state index in [4.69, 9.17) is 5.11 Å². The molecule has 0 fully saturated rings. The number of aliphatic carboxylic acids is 1. The van der Waals surface area contributed by atoms with Gasteiger partial charge in [0.2, 0.25) is 0 Å². The van der Waals surface area contributed by atoms with Gasteiger partial charge in [-0.2, -0.15) is 6.42 Å². The maximum Gasteiger partial charge on any atom is 0.303 e. The van der Waals surface area contributed by atoms with Crippen LogP contribution < -0.4 is 0 Å². The van der Waals surface area contributed by atoms with Crippen LogP contribution in [0.15, 0.2) is 12.2 Å². The number of unbranched alkanes of at least 4 members (excludes halogenated alkanes) is 9. The summed E-state index contributed by atoms with van der Waals surface area (Å²) in [7, 11) is 0. The molecule has 0 aliphatic rings. The molecule has 0 saturated heterocycles. The number of allylic oxidation sites excluding steroid dienone is 2. The summed E-state index contributed by atoms with van der Waals surface area (Å²) in [4.78, 5) is 10.3. The molecule has 0 aliphatic carbocycles. The van der Waals surface area contributed by atoms with Crippen molar-refractivity contribution in [3.05, 3.63) is 19.1 Å². The van der Waals surface area contributed by atoms with Crippen LogP contribution in [-0.2, 0) is 4.79 Å². The normalized spacial score (nSPS) is 11.2. The quantitative estimate of drug-likeness (QED) is 0.280. The summed E-state index contributed by atoms with van der Waals surface area (Å²) < 4.78 is 0. The predicted octanol–water partition coefficient (Wildman–Crippen LogP) is 5.14. The first-order chi connectivity index (χ1) is 8.77. The van der Waals surface area contributed by atoms with Crippen LogP contribution in [-0.4, -0.2) is 11.1 Å². The van der Waals surface area contributed by atoms with Crippen molar-refractivity contribution in [2.24, 2.45) is 0 Å². The lowest BCUT2D eigenvalue weighted by Gasteiger charge is -1.99. The number of hydrogen-bond acceptors (Lipinski definition) is 1. The maximum atomic E-state index is 10.3. The summed E-state index contributed by atoms with van der Waals surface area (Å²) in [5.41, 5.74) is 0. The molecule has 0 unspecified atom stereocenters. The van der Waals surface area contributed by atoms with Crippen LogP contribution in [0.5, 0.6) is 0 Å². The fourth-order valence-electron chi connectivity index (χ4n) is 1.92. The van der Waals surface area contributed by atoms with Gasteiger partial charge in [-0.05, 0) is 32.1 Å². The van der Waals surface area contributed by atoms with Crippen LogP contribution in [0.25, 0.3) is 0 Å². The Morgan fingerprint density at radius 1 is 0.833 bits per heavy atom. The van der Waals surface area contributed by atoms with Crippen molar-refractivity contribution in [3.63, 3.8) is 0 Å². The number of hydrogen-bond donors (Lipinski definition) is 1. The Kier molecular flexibility index (Phi) is 13.6. The van der Waals surface area contributed by atoms with Crippen LogP contribution >= 0.6 is 0 Å². The molecule has 106 valence electrons. The first-order valence-corrected chi connectivity index (χ1v) is 7.43. The lowest BCUT2D eigenvalue weighted by molar-refractivity contribution is -0.137. The van der Waals surface area contributed by atoms with Crippen LogP contribution in [0.1, 0.15) is 77.0 Å². The maximum absolute atomic E-state index is 10.3. The monoisotopic (exact) mass is 253 g/mol. The average Bonchev–Trinajstić information content (AvgIpc) is 2.34. The second-order valence-corrected chi connectivity index (χ2v) is 4.87. The lowest BCUT2D eigenvalue weighted by atomic mass is 10.1. The Hall–Kier alpha value is -0.790. The van der Waals surface area contributed by atoms with E-state index in [9.17, 15) is 4.79 Å². The fraction of sp³-hybridized carbons (Fsp3) is 0.750. The van der Waals surface area contributed by atoms with Gasteiger partial charge in [-0.25, -0.2) is 0 Å². The van der Waals surface area contributed by atoms with E-state index in [1.165, 1.54) is 51.4 Å². The zero-order chi connectivity index (χ0) is 13.5. The topological polar surface area (TPSA) is 37.3 Å². The van der Waals surface area contributed by atoms with Crippen molar-refractivity contribution in [2.75, 3.05) is 0 Å². The van der Waals surface area contributed by atoms with Crippen molar-refractivity contribution < 1.29 is 9.90 Å². The highest BCUT2D eigenvalue weighted by Crippen LogP contribution is 2.08. The molecule has 2 heteroatoms. The van der Waals surface area contributed by atoms with Crippen molar-refractivity contribution in [1.29, 1.82) is 0 Å². The van der Waals surface area contributed by atoms with Gasteiger partial charge in [0.05, 0.1) is 0 Å². The third kappa shape index (κ3) is 15.2. The third-order valence-electron chi connectivity index (χ3n) is 3.05. The molecule has 0 rings (SSSR count). The highest BCUT2D eigenvalue weighted by molar-refractivity contribution is 5.66. The molecule has 0 aromatic carbocycles. The Morgan fingerprint density at radius 2 is 1.33 bits per heavy atom. The lowest BCUT2D eigenvalue weighted by Crippen LogP contribution is -1.93. The van der Waals surface area contributed by atoms with Crippen molar-refractivity contribution in [3.8, 4) is 0 Å². The summed E-state index contributed by atoms with van der Waals surface area (Å²) in [6.07, 6.45) is 17.7.